The standard InChI is InChI=1S/C21H26N4/c1-5-15-12-19(13-16(6-2)20(15)7-3)25-21(14-23-24-25)17-8-10-18(22-4)11-9-17/h8-14,22H,5-7H2,1-4H3. The molecule has 0 unspecified atom stereocenters. The van der Waals surface area contributed by atoms with E-state index in [1.807, 2.05) is 17.9 Å². The molecule has 1 aromatic heterocycles. The van der Waals surface area contributed by atoms with E-state index in [0.717, 1.165) is 41.9 Å². The quantitative estimate of drug-likeness (QED) is 0.713. The Labute approximate surface area is 149 Å². The van der Waals surface area contributed by atoms with Crippen LogP contribution in [0.1, 0.15) is 37.5 Å². The first-order chi connectivity index (χ1) is 12.2. The summed E-state index contributed by atoms with van der Waals surface area (Å²) in [4.78, 5) is 0. The lowest BCUT2D eigenvalue weighted by molar-refractivity contribution is 0.802. The predicted octanol–water partition coefficient (Wildman–Crippen LogP) is 4.66. The molecule has 3 aromatic rings. The molecule has 0 atom stereocenters. The van der Waals surface area contributed by atoms with Crippen LogP contribution in [0.15, 0.2) is 42.6 Å². The van der Waals surface area contributed by atoms with Crippen LogP contribution in [0.4, 0.5) is 5.69 Å². The zero-order chi connectivity index (χ0) is 17.8. The topological polar surface area (TPSA) is 42.7 Å². The van der Waals surface area contributed by atoms with Crippen molar-refractivity contribution in [3.8, 4) is 16.9 Å². The molecule has 130 valence electrons. The van der Waals surface area contributed by atoms with Crippen molar-refractivity contribution >= 4 is 5.69 Å². The van der Waals surface area contributed by atoms with Gasteiger partial charge in [0, 0.05) is 18.3 Å². The molecule has 1 N–H and O–H groups in total. The summed E-state index contributed by atoms with van der Waals surface area (Å²) in [5.41, 5.74) is 8.60. The van der Waals surface area contributed by atoms with E-state index in [1.54, 1.807) is 0 Å². The predicted molar refractivity (Wildman–Crippen MR) is 104 cm³/mol. The van der Waals surface area contributed by atoms with Crippen LogP contribution in [0.2, 0.25) is 0 Å². The maximum atomic E-state index is 4.36. The van der Waals surface area contributed by atoms with Crippen molar-refractivity contribution in [2.24, 2.45) is 0 Å². The van der Waals surface area contributed by atoms with Gasteiger partial charge in [-0.1, -0.05) is 38.1 Å². The smallest absolute Gasteiger partial charge is 0.0944 e. The first-order valence-electron chi connectivity index (χ1n) is 9.05. The SMILES string of the molecule is CCc1cc(-n2nncc2-c2ccc(NC)cc2)cc(CC)c1CC. The summed E-state index contributed by atoms with van der Waals surface area (Å²) in [5.74, 6) is 0. The van der Waals surface area contributed by atoms with Gasteiger partial charge in [-0.2, -0.15) is 0 Å². The number of aromatic nitrogens is 3. The molecule has 0 aliphatic rings. The van der Waals surface area contributed by atoms with Gasteiger partial charge in [-0.05, 0) is 60.2 Å². The molecule has 25 heavy (non-hydrogen) atoms. The molecule has 0 fully saturated rings. The Morgan fingerprint density at radius 3 is 2.08 bits per heavy atom. The molecule has 4 heteroatoms. The van der Waals surface area contributed by atoms with Gasteiger partial charge in [0.2, 0.25) is 0 Å². The summed E-state index contributed by atoms with van der Waals surface area (Å²) in [7, 11) is 1.93. The van der Waals surface area contributed by atoms with Crippen molar-refractivity contribution in [2.45, 2.75) is 40.0 Å². The van der Waals surface area contributed by atoms with Gasteiger partial charge in [0.25, 0.3) is 0 Å². The molecular formula is C21H26N4. The van der Waals surface area contributed by atoms with Crippen molar-refractivity contribution < 1.29 is 0 Å². The van der Waals surface area contributed by atoms with Gasteiger partial charge in [0.1, 0.15) is 0 Å². The summed E-state index contributed by atoms with van der Waals surface area (Å²) >= 11 is 0. The number of nitrogens with zero attached hydrogens (tertiary/aromatic N) is 3. The van der Waals surface area contributed by atoms with Gasteiger partial charge >= 0.3 is 0 Å². The summed E-state index contributed by atoms with van der Waals surface area (Å²) < 4.78 is 1.95. The van der Waals surface area contributed by atoms with E-state index in [1.165, 1.54) is 16.7 Å². The fourth-order valence-corrected chi connectivity index (χ4v) is 3.42. The van der Waals surface area contributed by atoms with Gasteiger partial charge in [-0.3, -0.25) is 0 Å². The largest absolute Gasteiger partial charge is 0.388 e. The average Bonchev–Trinajstić information content (AvgIpc) is 3.16. The molecule has 0 spiro atoms. The Balaban J connectivity index is 2.10. The third-order valence-electron chi connectivity index (χ3n) is 4.80. The Morgan fingerprint density at radius 2 is 1.56 bits per heavy atom. The fraction of sp³-hybridized carbons (Fsp3) is 0.333. The van der Waals surface area contributed by atoms with E-state index in [9.17, 15) is 0 Å². The number of hydrogen-bond acceptors (Lipinski definition) is 3. The van der Waals surface area contributed by atoms with E-state index in [-0.39, 0.29) is 0 Å². The third kappa shape index (κ3) is 3.29. The lowest BCUT2D eigenvalue weighted by atomic mass is 9.94. The van der Waals surface area contributed by atoms with Gasteiger partial charge in [0.05, 0.1) is 17.6 Å². The zero-order valence-corrected chi connectivity index (χ0v) is 15.5. The third-order valence-corrected chi connectivity index (χ3v) is 4.80. The summed E-state index contributed by atoms with van der Waals surface area (Å²) in [6.07, 6.45) is 4.97. The zero-order valence-electron chi connectivity index (χ0n) is 15.5. The average molecular weight is 334 g/mol. The summed E-state index contributed by atoms with van der Waals surface area (Å²) in [5, 5.41) is 11.7. The van der Waals surface area contributed by atoms with E-state index < -0.39 is 0 Å². The molecule has 0 radical (unpaired) electrons. The molecule has 0 amide bonds. The Kier molecular flexibility index (Phi) is 5.17. The lowest BCUT2D eigenvalue weighted by Crippen LogP contribution is -2.05. The summed E-state index contributed by atoms with van der Waals surface area (Å²) in [6.45, 7) is 6.67. The van der Waals surface area contributed by atoms with Crippen LogP contribution < -0.4 is 5.32 Å². The Morgan fingerprint density at radius 1 is 0.920 bits per heavy atom. The minimum atomic E-state index is 1.01. The van der Waals surface area contributed by atoms with Crippen LogP contribution in [0.3, 0.4) is 0 Å². The second-order valence-corrected chi connectivity index (χ2v) is 6.16. The minimum absolute atomic E-state index is 1.01. The van der Waals surface area contributed by atoms with E-state index in [0.29, 0.717) is 0 Å². The Bertz CT molecular complexity index is 822. The van der Waals surface area contributed by atoms with Crippen molar-refractivity contribution in [3.05, 3.63) is 59.3 Å². The lowest BCUT2D eigenvalue weighted by Gasteiger charge is -2.15. The summed E-state index contributed by atoms with van der Waals surface area (Å²) in [6, 6.07) is 12.9. The van der Waals surface area contributed by atoms with Crippen molar-refractivity contribution in [1.29, 1.82) is 0 Å². The number of anilines is 1. The van der Waals surface area contributed by atoms with Gasteiger partial charge < -0.3 is 5.32 Å². The van der Waals surface area contributed by atoms with E-state index in [2.05, 4.69) is 72.8 Å². The van der Waals surface area contributed by atoms with Crippen LogP contribution in [0.25, 0.3) is 16.9 Å². The number of rotatable bonds is 6. The molecule has 0 bridgehead atoms. The van der Waals surface area contributed by atoms with E-state index in [4.69, 9.17) is 0 Å². The molecule has 3 rings (SSSR count). The highest BCUT2D eigenvalue weighted by atomic mass is 15.4. The molecule has 4 nitrogen and oxygen atoms in total. The molecule has 0 aliphatic carbocycles. The van der Waals surface area contributed by atoms with Gasteiger partial charge in [0.15, 0.2) is 0 Å². The maximum Gasteiger partial charge on any atom is 0.0944 e. The van der Waals surface area contributed by atoms with E-state index >= 15 is 0 Å². The second-order valence-electron chi connectivity index (χ2n) is 6.16. The van der Waals surface area contributed by atoms with Crippen molar-refractivity contribution in [2.75, 3.05) is 12.4 Å². The molecule has 0 saturated carbocycles. The second kappa shape index (κ2) is 7.51. The van der Waals surface area contributed by atoms with Gasteiger partial charge in [-0.15, -0.1) is 5.10 Å². The maximum absolute atomic E-state index is 4.36. The molecule has 2 aromatic carbocycles. The monoisotopic (exact) mass is 334 g/mol. The molecule has 0 saturated heterocycles. The number of aryl methyl sites for hydroxylation is 2. The van der Waals surface area contributed by atoms with Crippen LogP contribution in [0.5, 0.6) is 0 Å². The van der Waals surface area contributed by atoms with Crippen LogP contribution in [-0.2, 0) is 19.3 Å². The minimum Gasteiger partial charge on any atom is -0.388 e. The molecule has 1 heterocycles. The van der Waals surface area contributed by atoms with Crippen LogP contribution in [0, 0.1) is 0 Å². The first-order valence-corrected chi connectivity index (χ1v) is 9.05. The first kappa shape index (κ1) is 17.2. The highest BCUT2D eigenvalue weighted by Gasteiger charge is 2.13. The number of hydrogen-bond donors (Lipinski definition) is 1. The number of nitrogens with one attached hydrogen (secondary N) is 1. The highest BCUT2D eigenvalue weighted by Crippen LogP contribution is 2.27. The van der Waals surface area contributed by atoms with Crippen LogP contribution >= 0.6 is 0 Å². The number of benzene rings is 2. The Hall–Kier alpha value is -2.62. The molecule has 0 aliphatic heterocycles. The normalized spacial score (nSPS) is 10.9. The highest BCUT2D eigenvalue weighted by molar-refractivity contribution is 5.64. The fourth-order valence-electron chi connectivity index (χ4n) is 3.42. The van der Waals surface area contributed by atoms with Gasteiger partial charge in [-0.25, -0.2) is 4.68 Å². The van der Waals surface area contributed by atoms with Crippen molar-refractivity contribution in [1.82, 2.24) is 15.0 Å². The van der Waals surface area contributed by atoms with Crippen molar-refractivity contribution in [3.63, 3.8) is 0 Å². The van der Waals surface area contributed by atoms with Crippen LogP contribution in [-0.4, -0.2) is 22.0 Å². The molecular weight excluding hydrogens is 308 g/mol.